The van der Waals surface area contributed by atoms with Crippen LogP contribution in [0.3, 0.4) is 0 Å². The lowest BCUT2D eigenvalue weighted by Crippen LogP contribution is -2.23. The Morgan fingerprint density at radius 1 is 1.16 bits per heavy atom. The molecule has 2 aromatic carbocycles. The van der Waals surface area contributed by atoms with Gasteiger partial charge in [0.25, 0.3) is 5.91 Å². The molecular formula is C20H20BrN3O. The zero-order valence-corrected chi connectivity index (χ0v) is 16.0. The van der Waals surface area contributed by atoms with E-state index in [0.29, 0.717) is 5.56 Å². The second-order valence-corrected chi connectivity index (χ2v) is 7.31. The van der Waals surface area contributed by atoms with Gasteiger partial charge >= 0.3 is 0 Å². The molecule has 1 heterocycles. The summed E-state index contributed by atoms with van der Waals surface area (Å²) in [5, 5.41) is 4.07. The monoisotopic (exact) mass is 397 g/mol. The van der Waals surface area contributed by atoms with Crippen LogP contribution in [0.15, 0.2) is 69.9 Å². The molecule has 1 N–H and O–H groups in total. The first-order valence-electron chi connectivity index (χ1n) is 8.05. The van der Waals surface area contributed by atoms with Crippen LogP contribution in [-0.4, -0.2) is 19.2 Å². The van der Waals surface area contributed by atoms with E-state index in [1.165, 1.54) is 11.3 Å². The third-order valence-electron chi connectivity index (χ3n) is 4.53. The SMILES string of the molecule is CN1/C(=C\C=N/NC(=O)c2ccccc2Br)C(C)(C)c2ccccc21. The Hall–Kier alpha value is -2.40. The van der Waals surface area contributed by atoms with Crippen molar-refractivity contribution in [1.29, 1.82) is 0 Å². The van der Waals surface area contributed by atoms with Gasteiger partial charge in [0, 0.05) is 34.5 Å². The van der Waals surface area contributed by atoms with Crippen molar-refractivity contribution in [3.05, 3.63) is 75.9 Å². The van der Waals surface area contributed by atoms with E-state index >= 15 is 0 Å². The molecule has 0 bridgehead atoms. The van der Waals surface area contributed by atoms with E-state index in [9.17, 15) is 4.79 Å². The summed E-state index contributed by atoms with van der Waals surface area (Å²) in [4.78, 5) is 14.3. The fraction of sp³-hybridized carbons (Fsp3) is 0.200. The summed E-state index contributed by atoms with van der Waals surface area (Å²) in [5.74, 6) is -0.246. The van der Waals surface area contributed by atoms with Crippen molar-refractivity contribution in [2.24, 2.45) is 5.10 Å². The van der Waals surface area contributed by atoms with Gasteiger partial charge in [0.15, 0.2) is 0 Å². The summed E-state index contributed by atoms with van der Waals surface area (Å²) in [7, 11) is 2.05. The molecule has 128 valence electrons. The lowest BCUT2D eigenvalue weighted by molar-refractivity contribution is 0.0954. The average molecular weight is 398 g/mol. The smallest absolute Gasteiger partial charge is 0.272 e. The zero-order chi connectivity index (χ0) is 18.0. The molecule has 2 aromatic rings. The highest BCUT2D eigenvalue weighted by Gasteiger charge is 2.37. The van der Waals surface area contributed by atoms with Crippen molar-refractivity contribution >= 4 is 33.7 Å². The van der Waals surface area contributed by atoms with Gasteiger partial charge in [0.2, 0.25) is 0 Å². The number of carbonyl (C=O) groups is 1. The van der Waals surface area contributed by atoms with Crippen LogP contribution in [0.1, 0.15) is 29.8 Å². The largest absolute Gasteiger partial charge is 0.347 e. The lowest BCUT2D eigenvalue weighted by Gasteiger charge is -2.23. The molecule has 1 aliphatic rings. The number of carbonyl (C=O) groups excluding carboxylic acids is 1. The second kappa shape index (κ2) is 6.84. The third kappa shape index (κ3) is 3.24. The number of hydrazone groups is 1. The Kier molecular flexibility index (Phi) is 4.77. The fourth-order valence-corrected chi connectivity index (χ4v) is 3.68. The molecule has 0 spiro atoms. The molecule has 0 atom stereocenters. The summed E-state index contributed by atoms with van der Waals surface area (Å²) >= 11 is 3.37. The minimum atomic E-state index is -0.246. The molecule has 0 aromatic heterocycles. The Bertz CT molecular complexity index is 871. The number of allylic oxidation sites excluding steroid dienone is 2. The maximum Gasteiger partial charge on any atom is 0.272 e. The summed E-state index contributed by atoms with van der Waals surface area (Å²) in [6, 6.07) is 15.6. The molecule has 0 unspecified atom stereocenters. The molecule has 1 amide bonds. The molecule has 0 saturated heterocycles. The van der Waals surface area contributed by atoms with Crippen molar-refractivity contribution in [2.75, 3.05) is 11.9 Å². The number of nitrogens with one attached hydrogen (secondary N) is 1. The number of hydrogen-bond donors (Lipinski definition) is 1. The maximum absolute atomic E-state index is 12.1. The van der Waals surface area contributed by atoms with Gasteiger partial charge in [-0.1, -0.05) is 44.2 Å². The molecule has 0 saturated carbocycles. The van der Waals surface area contributed by atoms with Crippen LogP contribution in [-0.2, 0) is 5.41 Å². The highest BCUT2D eigenvalue weighted by atomic mass is 79.9. The van der Waals surface area contributed by atoms with Crippen molar-refractivity contribution in [2.45, 2.75) is 19.3 Å². The van der Waals surface area contributed by atoms with Crippen LogP contribution < -0.4 is 10.3 Å². The van der Waals surface area contributed by atoms with Gasteiger partial charge in [0.1, 0.15) is 0 Å². The predicted molar refractivity (Wildman–Crippen MR) is 106 cm³/mol. The van der Waals surface area contributed by atoms with Gasteiger partial charge in [-0.05, 0) is 45.8 Å². The topological polar surface area (TPSA) is 44.7 Å². The molecule has 5 heteroatoms. The number of hydrogen-bond acceptors (Lipinski definition) is 3. The molecule has 0 radical (unpaired) electrons. The van der Waals surface area contributed by atoms with Crippen LogP contribution in [0.5, 0.6) is 0 Å². The van der Waals surface area contributed by atoms with Gasteiger partial charge in [-0.3, -0.25) is 4.79 Å². The summed E-state index contributed by atoms with van der Waals surface area (Å²) in [5.41, 5.74) is 6.63. The number of amides is 1. The highest BCUT2D eigenvalue weighted by Crippen LogP contribution is 2.46. The molecule has 25 heavy (non-hydrogen) atoms. The van der Waals surface area contributed by atoms with E-state index in [1.54, 1.807) is 12.3 Å². The van der Waals surface area contributed by atoms with E-state index in [1.807, 2.05) is 37.4 Å². The first kappa shape index (κ1) is 17.4. The average Bonchev–Trinajstić information content (AvgIpc) is 2.79. The van der Waals surface area contributed by atoms with Gasteiger partial charge in [-0.15, -0.1) is 0 Å². The molecule has 4 nitrogen and oxygen atoms in total. The third-order valence-corrected chi connectivity index (χ3v) is 5.22. The number of fused-ring (bicyclic) bond motifs is 1. The van der Waals surface area contributed by atoms with Crippen LogP contribution in [0.4, 0.5) is 5.69 Å². The Morgan fingerprint density at radius 2 is 1.84 bits per heavy atom. The predicted octanol–water partition coefficient (Wildman–Crippen LogP) is 4.48. The summed E-state index contributed by atoms with van der Waals surface area (Å²) < 4.78 is 0.744. The van der Waals surface area contributed by atoms with Gasteiger partial charge < -0.3 is 4.90 Å². The van der Waals surface area contributed by atoms with Crippen molar-refractivity contribution < 1.29 is 4.79 Å². The maximum atomic E-state index is 12.1. The Morgan fingerprint density at radius 3 is 2.56 bits per heavy atom. The number of benzene rings is 2. The van der Waals surface area contributed by atoms with Crippen LogP contribution in [0, 0.1) is 0 Å². The number of likely N-dealkylation sites (N-methyl/N-ethyl adjacent to an activating group) is 1. The molecule has 3 rings (SSSR count). The van der Waals surface area contributed by atoms with Crippen molar-refractivity contribution in [3.8, 4) is 0 Å². The quantitative estimate of drug-likeness (QED) is 0.612. The van der Waals surface area contributed by atoms with E-state index in [0.717, 1.165) is 10.2 Å². The summed E-state index contributed by atoms with van der Waals surface area (Å²) in [6.45, 7) is 4.38. The van der Waals surface area contributed by atoms with E-state index < -0.39 is 0 Å². The normalized spacial score (nSPS) is 17.1. The number of rotatable bonds is 3. The van der Waals surface area contributed by atoms with Crippen LogP contribution in [0.25, 0.3) is 0 Å². The van der Waals surface area contributed by atoms with Crippen molar-refractivity contribution in [3.63, 3.8) is 0 Å². The molecular weight excluding hydrogens is 378 g/mol. The van der Waals surface area contributed by atoms with E-state index in [4.69, 9.17) is 0 Å². The Balaban J connectivity index is 1.75. The second-order valence-electron chi connectivity index (χ2n) is 6.45. The van der Waals surface area contributed by atoms with E-state index in [2.05, 4.69) is 63.4 Å². The number of halogens is 1. The van der Waals surface area contributed by atoms with E-state index in [-0.39, 0.29) is 11.3 Å². The van der Waals surface area contributed by atoms with Gasteiger partial charge in [-0.25, -0.2) is 5.43 Å². The first-order chi connectivity index (χ1) is 11.9. The number of para-hydroxylation sites is 1. The molecule has 1 aliphatic heterocycles. The van der Waals surface area contributed by atoms with Gasteiger partial charge in [0.05, 0.1) is 5.56 Å². The van der Waals surface area contributed by atoms with Crippen molar-refractivity contribution in [1.82, 2.24) is 5.43 Å². The van der Waals surface area contributed by atoms with Gasteiger partial charge in [-0.2, -0.15) is 5.10 Å². The molecule has 0 fully saturated rings. The van der Waals surface area contributed by atoms with Crippen LogP contribution in [0.2, 0.25) is 0 Å². The first-order valence-corrected chi connectivity index (χ1v) is 8.84. The minimum absolute atomic E-state index is 0.107. The summed E-state index contributed by atoms with van der Waals surface area (Å²) in [6.07, 6.45) is 3.58. The number of nitrogens with zero attached hydrogens (tertiary/aromatic N) is 2. The lowest BCUT2D eigenvalue weighted by atomic mass is 9.84. The van der Waals surface area contributed by atoms with Crippen LogP contribution >= 0.6 is 15.9 Å². The highest BCUT2D eigenvalue weighted by molar-refractivity contribution is 9.10. The standard InChI is InChI=1S/C20H20BrN3O/c1-20(2)15-9-5-7-11-17(15)24(3)18(20)12-13-22-23-19(25)14-8-4-6-10-16(14)21/h4-13H,1-3H3,(H,23,25)/b18-12-,22-13-. The molecule has 0 aliphatic carbocycles. The fourth-order valence-electron chi connectivity index (χ4n) is 3.21. The zero-order valence-electron chi connectivity index (χ0n) is 14.5. The Labute approximate surface area is 156 Å². The minimum Gasteiger partial charge on any atom is -0.347 e. The number of anilines is 1.